The number of imidazole rings is 1. The molecule has 0 aliphatic carbocycles. The van der Waals surface area contributed by atoms with E-state index in [2.05, 4.69) is 30.9 Å². The number of hydrogen-bond donors (Lipinski definition) is 1. The Kier molecular flexibility index (Phi) is 6.78. The molecule has 170 valence electrons. The predicted octanol–water partition coefficient (Wildman–Crippen LogP) is 3.33. The Hall–Kier alpha value is -2.36. The molecule has 3 heterocycles. The molecule has 0 unspecified atom stereocenters. The molecule has 31 heavy (non-hydrogen) atoms. The van der Waals surface area contributed by atoms with Crippen molar-refractivity contribution in [2.75, 3.05) is 31.1 Å². The Morgan fingerprint density at radius 1 is 1.19 bits per heavy atom. The maximum atomic E-state index is 13.4. The number of carboxylic acid groups (broad SMARTS) is 1. The van der Waals surface area contributed by atoms with Crippen molar-refractivity contribution in [3.8, 4) is 0 Å². The van der Waals surface area contributed by atoms with Gasteiger partial charge in [-0.3, -0.25) is 9.69 Å². The molecule has 0 radical (unpaired) electrons. The molecule has 2 amide bonds. The zero-order valence-electron chi connectivity index (χ0n) is 18.7. The molecule has 1 aliphatic heterocycles. The van der Waals surface area contributed by atoms with E-state index in [0.29, 0.717) is 32.6 Å². The van der Waals surface area contributed by atoms with Crippen LogP contribution in [-0.2, 0) is 4.79 Å². The van der Waals surface area contributed by atoms with Crippen molar-refractivity contribution in [2.45, 2.75) is 52.6 Å². The largest absolute Gasteiger partial charge is 0.465 e. The highest BCUT2D eigenvalue weighted by atomic mass is 79.9. The number of nitrogens with zero attached hydrogens (tertiary/aromatic N) is 6. The Bertz CT molecular complexity index is 946. The van der Waals surface area contributed by atoms with Gasteiger partial charge in [0.2, 0.25) is 5.91 Å². The van der Waals surface area contributed by atoms with Crippen molar-refractivity contribution >= 4 is 39.4 Å². The second kappa shape index (κ2) is 9.02. The molecular weight excluding hydrogens is 464 g/mol. The predicted molar refractivity (Wildman–Crippen MR) is 122 cm³/mol. The number of anilines is 1. The SMILES string of the molecule is CC(C)C[C@@H](C(=O)N1CCN(c2ccc3ncc(Br)n3n2)CC1)N(C(=O)O)C(C)(C)C. The third-order valence-electron chi connectivity index (χ3n) is 5.44. The maximum Gasteiger partial charge on any atom is 0.408 e. The molecule has 3 rings (SSSR count). The van der Waals surface area contributed by atoms with Crippen molar-refractivity contribution in [3.63, 3.8) is 0 Å². The summed E-state index contributed by atoms with van der Waals surface area (Å²) >= 11 is 3.44. The van der Waals surface area contributed by atoms with Crippen LogP contribution in [-0.4, -0.2) is 79.3 Å². The normalized spacial score (nSPS) is 16.1. The van der Waals surface area contributed by atoms with Crippen molar-refractivity contribution < 1.29 is 14.7 Å². The molecule has 0 saturated carbocycles. The second-order valence-electron chi connectivity index (χ2n) is 9.32. The fourth-order valence-corrected chi connectivity index (χ4v) is 4.39. The first-order valence-corrected chi connectivity index (χ1v) is 11.3. The van der Waals surface area contributed by atoms with Crippen LogP contribution in [0.1, 0.15) is 41.0 Å². The summed E-state index contributed by atoms with van der Waals surface area (Å²) in [5, 5.41) is 14.5. The lowest BCUT2D eigenvalue weighted by molar-refractivity contribution is -0.139. The van der Waals surface area contributed by atoms with Gasteiger partial charge in [0.25, 0.3) is 0 Å². The van der Waals surface area contributed by atoms with E-state index in [1.165, 1.54) is 4.90 Å². The van der Waals surface area contributed by atoms with Crippen LogP contribution in [0.2, 0.25) is 0 Å². The number of hydrogen-bond acceptors (Lipinski definition) is 5. The first-order chi connectivity index (χ1) is 14.5. The molecule has 1 fully saturated rings. The van der Waals surface area contributed by atoms with E-state index < -0.39 is 17.7 Å². The topological polar surface area (TPSA) is 94.3 Å². The third-order valence-corrected chi connectivity index (χ3v) is 5.98. The lowest BCUT2D eigenvalue weighted by Crippen LogP contribution is -2.60. The first kappa shape index (κ1) is 23.3. The van der Waals surface area contributed by atoms with Crippen molar-refractivity contribution in [1.82, 2.24) is 24.4 Å². The van der Waals surface area contributed by atoms with Gasteiger partial charge in [0.1, 0.15) is 16.5 Å². The zero-order valence-corrected chi connectivity index (χ0v) is 20.3. The van der Waals surface area contributed by atoms with Gasteiger partial charge in [-0.05, 0) is 61.2 Å². The number of rotatable bonds is 5. The minimum atomic E-state index is -1.06. The van der Waals surface area contributed by atoms with Gasteiger partial charge in [-0.1, -0.05) is 13.8 Å². The number of halogens is 1. The van der Waals surface area contributed by atoms with E-state index in [1.807, 2.05) is 46.8 Å². The summed E-state index contributed by atoms with van der Waals surface area (Å²) in [7, 11) is 0. The van der Waals surface area contributed by atoms with Gasteiger partial charge in [0.15, 0.2) is 5.65 Å². The van der Waals surface area contributed by atoms with Gasteiger partial charge in [-0.2, -0.15) is 0 Å². The van der Waals surface area contributed by atoms with Gasteiger partial charge >= 0.3 is 6.09 Å². The van der Waals surface area contributed by atoms with E-state index in [-0.39, 0.29) is 11.8 Å². The number of piperazine rings is 1. The smallest absolute Gasteiger partial charge is 0.408 e. The number of fused-ring (bicyclic) bond motifs is 1. The Morgan fingerprint density at radius 3 is 2.39 bits per heavy atom. The molecule has 1 N–H and O–H groups in total. The molecule has 1 aliphatic rings. The fraction of sp³-hybridized carbons (Fsp3) is 0.619. The van der Waals surface area contributed by atoms with Crippen LogP contribution in [0.3, 0.4) is 0 Å². The summed E-state index contributed by atoms with van der Waals surface area (Å²) in [6.07, 6.45) is 1.14. The molecule has 1 saturated heterocycles. The summed E-state index contributed by atoms with van der Waals surface area (Å²) in [5.41, 5.74) is 0.0947. The highest BCUT2D eigenvalue weighted by Crippen LogP contribution is 2.25. The number of amides is 2. The average Bonchev–Trinajstić information content (AvgIpc) is 3.05. The van der Waals surface area contributed by atoms with Gasteiger partial charge in [0, 0.05) is 31.7 Å². The average molecular weight is 495 g/mol. The summed E-state index contributed by atoms with van der Waals surface area (Å²) in [4.78, 5) is 35.0. The summed E-state index contributed by atoms with van der Waals surface area (Å²) in [5.74, 6) is 0.898. The van der Waals surface area contributed by atoms with Crippen molar-refractivity contribution in [3.05, 3.63) is 22.9 Å². The monoisotopic (exact) mass is 494 g/mol. The summed E-state index contributed by atoms with van der Waals surface area (Å²) in [6.45, 7) is 11.8. The number of carbonyl (C=O) groups excluding carboxylic acids is 1. The maximum absolute atomic E-state index is 13.4. The van der Waals surface area contributed by atoms with Gasteiger partial charge in [0.05, 0.1) is 6.20 Å². The zero-order chi connectivity index (χ0) is 22.9. The van der Waals surface area contributed by atoms with Crippen LogP contribution in [0.5, 0.6) is 0 Å². The molecule has 1 atom stereocenters. The van der Waals surface area contributed by atoms with E-state index in [1.54, 1.807) is 15.6 Å². The highest BCUT2D eigenvalue weighted by molar-refractivity contribution is 9.10. The minimum Gasteiger partial charge on any atom is -0.465 e. The standard InChI is InChI=1S/C21H31BrN6O3/c1-14(2)12-15(27(20(30)31)21(3,4)5)19(29)26-10-8-25(9-11-26)18-7-6-17-23-13-16(22)28(17)24-18/h6-7,13-15H,8-12H2,1-5H3,(H,30,31)/t15-/m0/s1. The molecule has 0 bridgehead atoms. The summed E-state index contributed by atoms with van der Waals surface area (Å²) < 4.78 is 2.52. The van der Waals surface area contributed by atoms with E-state index >= 15 is 0 Å². The molecule has 2 aromatic heterocycles. The summed E-state index contributed by atoms with van der Waals surface area (Å²) in [6, 6.07) is 3.15. The first-order valence-electron chi connectivity index (χ1n) is 10.6. The molecule has 9 nitrogen and oxygen atoms in total. The lowest BCUT2D eigenvalue weighted by Gasteiger charge is -2.43. The lowest BCUT2D eigenvalue weighted by atomic mass is 9.96. The van der Waals surface area contributed by atoms with Crippen LogP contribution in [0.15, 0.2) is 22.9 Å². The third kappa shape index (κ3) is 5.11. The number of aromatic nitrogens is 3. The molecule has 10 heteroatoms. The minimum absolute atomic E-state index is 0.119. The van der Waals surface area contributed by atoms with Crippen LogP contribution in [0.25, 0.3) is 5.65 Å². The Labute approximate surface area is 191 Å². The van der Waals surface area contributed by atoms with Crippen LogP contribution < -0.4 is 4.90 Å². The van der Waals surface area contributed by atoms with Crippen LogP contribution >= 0.6 is 15.9 Å². The quantitative estimate of drug-likeness (QED) is 0.684. The molecule has 0 aromatic carbocycles. The van der Waals surface area contributed by atoms with E-state index in [0.717, 1.165) is 16.1 Å². The van der Waals surface area contributed by atoms with Crippen LogP contribution in [0, 0.1) is 5.92 Å². The highest BCUT2D eigenvalue weighted by Gasteiger charge is 2.40. The Morgan fingerprint density at radius 2 is 1.84 bits per heavy atom. The second-order valence-corrected chi connectivity index (χ2v) is 10.1. The molecular formula is C21H31BrN6O3. The van der Waals surface area contributed by atoms with E-state index in [9.17, 15) is 14.7 Å². The number of carbonyl (C=O) groups is 2. The molecule has 2 aromatic rings. The van der Waals surface area contributed by atoms with Crippen molar-refractivity contribution in [1.29, 1.82) is 0 Å². The Balaban J connectivity index is 1.74. The van der Waals surface area contributed by atoms with Gasteiger partial charge < -0.3 is 14.9 Å². The molecule has 0 spiro atoms. The van der Waals surface area contributed by atoms with Gasteiger partial charge in [-0.25, -0.2) is 14.3 Å². The van der Waals surface area contributed by atoms with Gasteiger partial charge in [-0.15, -0.1) is 5.10 Å². The van der Waals surface area contributed by atoms with Crippen LogP contribution in [0.4, 0.5) is 10.6 Å². The van der Waals surface area contributed by atoms with E-state index in [4.69, 9.17) is 0 Å². The fourth-order valence-electron chi connectivity index (χ4n) is 4.02. The van der Waals surface area contributed by atoms with Crippen molar-refractivity contribution in [2.24, 2.45) is 5.92 Å².